The van der Waals surface area contributed by atoms with Crippen molar-refractivity contribution < 1.29 is 14.7 Å². The second kappa shape index (κ2) is 5.76. The van der Waals surface area contributed by atoms with Gasteiger partial charge in [0.25, 0.3) is 0 Å². The minimum atomic E-state index is -1.20. The van der Waals surface area contributed by atoms with E-state index in [4.69, 9.17) is 6.42 Å². The molecule has 0 spiro atoms. The predicted octanol–water partition coefficient (Wildman–Crippen LogP) is 1.20. The zero-order chi connectivity index (χ0) is 13.8. The third-order valence-corrected chi connectivity index (χ3v) is 3.85. The van der Waals surface area contributed by atoms with E-state index in [0.29, 0.717) is 0 Å². The van der Waals surface area contributed by atoms with Gasteiger partial charge in [0.2, 0.25) is 0 Å². The summed E-state index contributed by atoms with van der Waals surface area (Å²) in [5.74, 6) is 1.10. The van der Waals surface area contributed by atoms with Gasteiger partial charge in [0.05, 0.1) is 6.54 Å². The van der Waals surface area contributed by atoms with Crippen LogP contribution in [0.3, 0.4) is 0 Å². The van der Waals surface area contributed by atoms with E-state index < -0.39 is 17.5 Å². The van der Waals surface area contributed by atoms with Gasteiger partial charge in [0.15, 0.2) is 0 Å². The first-order chi connectivity index (χ1) is 8.45. The van der Waals surface area contributed by atoms with Gasteiger partial charge in [-0.05, 0) is 24.7 Å². The van der Waals surface area contributed by atoms with E-state index in [1.807, 2.05) is 13.8 Å². The monoisotopic (exact) mass is 252 g/mol. The Hall–Kier alpha value is -1.70. The average molecular weight is 252 g/mol. The molecule has 100 valence electrons. The Morgan fingerprint density at radius 1 is 1.39 bits per heavy atom. The van der Waals surface area contributed by atoms with Crippen molar-refractivity contribution in [3.63, 3.8) is 0 Å². The zero-order valence-corrected chi connectivity index (χ0v) is 10.8. The Labute approximate surface area is 107 Å². The molecule has 0 saturated heterocycles. The van der Waals surface area contributed by atoms with Crippen LogP contribution < -0.4 is 10.6 Å². The van der Waals surface area contributed by atoms with Crippen LogP contribution in [0.15, 0.2) is 0 Å². The van der Waals surface area contributed by atoms with Crippen LogP contribution in [0.2, 0.25) is 0 Å². The van der Waals surface area contributed by atoms with Gasteiger partial charge in [0, 0.05) is 0 Å². The van der Waals surface area contributed by atoms with Gasteiger partial charge < -0.3 is 15.7 Å². The van der Waals surface area contributed by atoms with Gasteiger partial charge in [-0.25, -0.2) is 9.59 Å². The first kappa shape index (κ1) is 14.4. The van der Waals surface area contributed by atoms with Crippen molar-refractivity contribution in [3.05, 3.63) is 0 Å². The van der Waals surface area contributed by atoms with Gasteiger partial charge in [-0.15, -0.1) is 6.42 Å². The molecule has 0 aromatic heterocycles. The zero-order valence-electron chi connectivity index (χ0n) is 10.8. The van der Waals surface area contributed by atoms with Gasteiger partial charge in [-0.3, -0.25) is 0 Å². The Morgan fingerprint density at radius 3 is 2.39 bits per heavy atom. The minimum absolute atomic E-state index is 0.0876. The van der Waals surface area contributed by atoms with E-state index in [9.17, 15) is 14.7 Å². The standard InChI is InChI=1S/C13H20N2O3/c1-4-8-14-12(18)15-13(11(16)17)9(2)6-5-7-10(13)3/h1,9-10H,5-8H2,2-3H3,(H,16,17)(H2,14,15,18). The summed E-state index contributed by atoms with van der Waals surface area (Å²) in [5.41, 5.74) is -1.20. The maximum absolute atomic E-state index is 11.7. The van der Waals surface area contributed by atoms with Crippen molar-refractivity contribution in [3.8, 4) is 12.3 Å². The molecule has 0 aromatic rings. The molecule has 1 fully saturated rings. The molecule has 0 aromatic carbocycles. The van der Waals surface area contributed by atoms with Crippen LogP contribution in [-0.2, 0) is 4.79 Å². The number of hydrogen-bond donors (Lipinski definition) is 3. The lowest BCUT2D eigenvalue weighted by atomic mass is 9.67. The number of carboxylic acid groups (broad SMARTS) is 1. The van der Waals surface area contributed by atoms with Gasteiger partial charge in [-0.1, -0.05) is 26.2 Å². The van der Waals surface area contributed by atoms with Gasteiger partial charge in [-0.2, -0.15) is 0 Å². The number of nitrogens with one attached hydrogen (secondary N) is 2. The van der Waals surface area contributed by atoms with Crippen LogP contribution in [0.5, 0.6) is 0 Å². The summed E-state index contributed by atoms with van der Waals surface area (Å²) < 4.78 is 0. The third kappa shape index (κ3) is 2.58. The Morgan fingerprint density at radius 2 is 1.94 bits per heavy atom. The van der Waals surface area contributed by atoms with Crippen LogP contribution in [0.1, 0.15) is 33.1 Å². The molecular weight excluding hydrogens is 232 g/mol. The number of aliphatic carboxylic acids is 1. The number of carbonyl (C=O) groups is 2. The van der Waals surface area contributed by atoms with Crippen molar-refractivity contribution >= 4 is 12.0 Å². The fraction of sp³-hybridized carbons (Fsp3) is 0.692. The second-order valence-electron chi connectivity index (χ2n) is 4.92. The molecule has 1 saturated carbocycles. The molecule has 3 N–H and O–H groups in total. The Bertz CT molecular complexity index is 363. The van der Waals surface area contributed by atoms with Gasteiger partial charge >= 0.3 is 12.0 Å². The van der Waals surface area contributed by atoms with Crippen LogP contribution >= 0.6 is 0 Å². The molecule has 1 aliphatic carbocycles. The maximum atomic E-state index is 11.7. The number of carboxylic acids is 1. The summed E-state index contributed by atoms with van der Waals surface area (Å²) in [4.78, 5) is 23.3. The number of terminal acetylenes is 1. The lowest BCUT2D eigenvalue weighted by molar-refractivity contribution is -0.151. The van der Waals surface area contributed by atoms with E-state index in [1.165, 1.54) is 0 Å². The number of hydrogen-bond acceptors (Lipinski definition) is 2. The molecule has 1 aliphatic rings. The second-order valence-corrected chi connectivity index (χ2v) is 4.92. The first-order valence-electron chi connectivity index (χ1n) is 6.18. The van der Waals surface area contributed by atoms with Crippen molar-refractivity contribution in [2.45, 2.75) is 38.6 Å². The predicted molar refractivity (Wildman–Crippen MR) is 67.9 cm³/mol. The lowest BCUT2D eigenvalue weighted by Gasteiger charge is -2.44. The molecule has 0 radical (unpaired) electrons. The smallest absolute Gasteiger partial charge is 0.330 e. The highest BCUT2D eigenvalue weighted by atomic mass is 16.4. The number of rotatable bonds is 3. The Kier molecular flexibility index (Phi) is 4.60. The number of urea groups is 1. The number of amides is 2. The molecule has 5 nitrogen and oxygen atoms in total. The van der Waals surface area contributed by atoms with Crippen molar-refractivity contribution in [1.29, 1.82) is 0 Å². The summed E-state index contributed by atoms with van der Waals surface area (Å²) in [5, 5.41) is 14.6. The molecule has 2 unspecified atom stereocenters. The summed E-state index contributed by atoms with van der Waals surface area (Å²) >= 11 is 0. The molecular formula is C13H20N2O3. The minimum Gasteiger partial charge on any atom is -0.479 e. The molecule has 18 heavy (non-hydrogen) atoms. The maximum Gasteiger partial charge on any atom is 0.330 e. The van der Waals surface area contributed by atoms with E-state index >= 15 is 0 Å². The van der Waals surface area contributed by atoms with Crippen LogP contribution in [0.4, 0.5) is 4.79 Å². The molecule has 0 aliphatic heterocycles. The quantitative estimate of drug-likeness (QED) is 0.660. The van der Waals surface area contributed by atoms with Gasteiger partial charge in [0.1, 0.15) is 5.54 Å². The largest absolute Gasteiger partial charge is 0.479 e. The molecule has 0 bridgehead atoms. The van der Waals surface area contributed by atoms with E-state index in [1.54, 1.807) is 0 Å². The fourth-order valence-electron chi connectivity index (χ4n) is 2.76. The normalized spacial score (nSPS) is 31.2. The molecule has 0 heterocycles. The van der Waals surface area contributed by atoms with E-state index in [-0.39, 0.29) is 18.4 Å². The molecule has 1 rings (SSSR count). The van der Waals surface area contributed by atoms with Crippen LogP contribution in [0.25, 0.3) is 0 Å². The SMILES string of the molecule is C#CCNC(=O)NC1(C(=O)O)C(C)CCCC1C. The van der Waals surface area contributed by atoms with E-state index in [0.717, 1.165) is 19.3 Å². The van der Waals surface area contributed by atoms with Crippen molar-refractivity contribution in [2.75, 3.05) is 6.54 Å². The highest BCUT2D eigenvalue weighted by molar-refractivity contribution is 5.87. The van der Waals surface area contributed by atoms with Crippen LogP contribution in [-0.4, -0.2) is 29.2 Å². The average Bonchev–Trinajstić information content (AvgIpc) is 2.31. The highest BCUT2D eigenvalue weighted by Crippen LogP contribution is 2.38. The third-order valence-electron chi connectivity index (χ3n) is 3.85. The topological polar surface area (TPSA) is 78.4 Å². The molecule has 5 heteroatoms. The van der Waals surface area contributed by atoms with Crippen molar-refractivity contribution in [1.82, 2.24) is 10.6 Å². The summed E-state index contributed by atoms with van der Waals surface area (Å²) in [6.45, 7) is 3.82. The summed E-state index contributed by atoms with van der Waals surface area (Å²) in [6.07, 6.45) is 7.63. The summed E-state index contributed by atoms with van der Waals surface area (Å²) in [7, 11) is 0. The lowest BCUT2D eigenvalue weighted by Crippen LogP contribution is -2.65. The number of carbonyl (C=O) groups excluding carboxylic acids is 1. The summed E-state index contributed by atoms with van der Waals surface area (Å²) in [6, 6.07) is -0.518. The fourth-order valence-corrected chi connectivity index (χ4v) is 2.76. The van der Waals surface area contributed by atoms with Crippen molar-refractivity contribution in [2.24, 2.45) is 11.8 Å². The molecule has 2 atom stereocenters. The highest BCUT2D eigenvalue weighted by Gasteiger charge is 2.51. The van der Waals surface area contributed by atoms with E-state index in [2.05, 4.69) is 16.6 Å². The molecule has 2 amide bonds. The Balaban J connectivity index is 2.89. The van der Waals surface area contributed by atoms with Crippen LogP contribution in [0, 0.1) is 24.2 Å². The first-order valence-corrected chi connectivity index (χ1v) is 6.18.